The molecule has 2 unspecified atom stereocenters. The summed E-state index contributed by atoms with van der Waals surface area (Å²) in [4.78, 5) is 36.6. The van der Waals surface area contributed by atoms with Crippen molar-refractivity contribution in [1.29, 1.82) is 0 Å². The van der Waals surface area contributed by atoms with Crippen molar-refractivity contribution in [3.63, 3.8) is 0 Å². The quantitative estimate of drug-likeness (QED) is 0.0237. The molecule has 0 aliphatic rings. The van der Waals surface area contributed by atoms with E-state index < -0.39 is 18.1 Å². The van der Waals surface area contributed by atoms with Crippen LogP contribution in [-0.2, 0) is 28.6 Å². The third-order valence-electron chi connectivity index (χ3n) is 7.62. The van der Waals surface area contributed by atoms with Crippen molar-refractivity contribution in [2.75, 3.05) is 41.0 Å². The largest absolute Gasteiger partial charge is 0.544 e. The van der Waals surface area contributed by atoms with Gasteiger partial charge in [-0.1, -0.05) is 118 Å². The number of likely N-dealkylation sites (N-methyl/N-ethyl adjacent to an activating group) is 1. The molecule has 0 rings (SSSR count). The molecule has 0 bridgehead atoms. The third-order valence-corrected chi connectivity index (χ3v) is 7.62. The summed E-state index contributed by atoms with van der Waals surface area (Å²) in [5.74, 6) is -1.86. The molecule has 50 heavy (non-hydrogen) atoms. The number of esters is 2. The van der Waals surface area contributed by atoms with Crippen LogP contribution in [0.4, 0.5) is 0 Å². The Labute approximate surface area is 303 Å². The Hall–Kier alpha value is -3.49. The number of hydrogen-bond donors (Lipinski definition) is 0. The second-order valence-electron chi connectivity index (χ2n) is 13.1. The number of aliphatic carboxylic acids is 1. The van der Waals surface area contributed by atoms with E-state index in [9.17, 15) is 19.5 Å². The van der Waals surface area contributed by atoms with E-state index in [1.165, 1.54) is 0 Å². The molecule has 2 atom stereocenters. The Morgan fingerprint density at radius 2 is 1.18 bits per heavy atom. The highest BCUT2D eigenvalue weighted by Crippen LogP contribution is 2.11. The molecule has 0 aromatic carbocycles. The van der Waals surface area contributed by atoms with Crippen LogP contribution >= 0.6 is 0 Å². The molecule has 0 spiro atoms. The third kappa shape index (κ3) is 30.6. The Morgan fingerprint density at radius 1 is 0.620 bits per heavy atom. The SMILES string of the molecule is CC/C=C/C=C/C=C/C=C/CCCCCCCC(=O)OCC(COCCC(C(=O)[O-])[N+](C)(C)C)OC(=O)CCC/C=C/C/C=C/C/C=C/CC. The van der Waals surface area contributed by atoms with E-state index in [1.54, 1.807) is 21.1 Å². The summed E-state index contributed by atoms with van der Waals surface area (Å²) >= 11 is 0. The van der Waals surface area contributed by atoms with Gasteiger partial charge in [-0.2, -0.15) is 0 Å². The smallest absolute Gasteiger partial charge is 0.306 e. The molecule has 0 aliphatic heterocycles. The van der Waals surface area contributed by atoms with Crippen LogP contribution < -0.4 is 5.11 Å². The summed E-state index contributed by atoms with van der Waals surface area (Å²) in [5.41, 5.74) is 0. The Balaban J connectivity index is 4.55. The first-order valence-corrected chi connectivity index (χ1v) is 18.7. The van der Waals surface area contributed by atoms with E-state index in [0.717, 1.165) is 70.6 Å². The molecule has 0 fully saturated rings. The number of unbranched alkanes of at least 4 members (excludes halogenated alkanes) is 6. The fourth-order valence-corrected chi connectivity index (χ4v) is 4.75. The Morgan fingerprint density at radius 3 is 1.84 bits per heavy atom. The van der Waals surface area contributed by atoms with Crippen molar-refractivity contribution in [1.82, 2.24) is 0 Å². The average Bonchev–Trinajstić information content (AvgIpc) is 3.06. The standard InChI is InChI=1S/C42H67NO7/c1-6-8-10-12-14-16-18-19-20-21-23-24-26-28-30-32-40(44)49-37-38(36-48-35-34-39(42(46)47)43(3,4)5)50-41(45)33-31-29-27-25-22-17-15-13-11-9-7-2/h8-12,14-20,25,27,38-39H,6-7,13,21-24,26,28-37H2,1-5H3/b10-8+,11-9+,14-12+,17-15+,18-16+,20-19+,27-25+. The normalized spacial score (nSPS) is 14.0. The van der Waals surface area contributed by atoms with Crippen LogP contribution in [0.25, 0.3) is 0 Å². The minimum Gasteiger partial charge on any atom is -0.544 e. The van der Waals surface area contributed by atoms with Gasteiger partial charge in [-0.05, 0) is 57.8 Å². The van der Waals surface area contributed by atoms with E-state index in [4.69, 9.17) is 14.2 Å². The molecule has 0 saturated carbocycles. The summed E-state index contributed by atoms with van der Waals surface area (Å²) in [6.07, 6.45) is 40.5. The maximum Gasteiger partial charge on any atom is 0.306 e. The molecule has 0 aromatic rings. The minimum absolute atomic E-state index is 0.00680. The molecule has 282 valence electrons. The second-order valence-corrected chi connectivity index (χ2v) is 13.1. The fourth-order valence-electron chi connectivity index (χ4n) is 4.75. The van der Waals surface area contributed by atoms with Crippen molar-refractivity contribution in [2.24, 2.45) is 0 Å². The topological polar surface area (TPSA) is 102 Å². The van der Waals surface area contributed by atoms with Gasteiger partial charge >= 0.3 is 11.9 Å². The van der Waals surface area contributed by atoms with Crippen LogP contribution in [0.15, 0.2) is 85.1 Å². The van der Waals surface area contributed by atoms with E-state index in [0.29, 0.717) is 12.8 Å². The average molecular weight is 698 g/mol. The first kappa shape index (κ1) is 46.5. The van der Waals surface area contributed by atoms with Gasteiger partial charge in [0.1, 0.15) is 12.6 Å². The molecule has 0 heterocycles. The van der Waals surface area contributed by atoms with Gasteiger partial charge in [0.25, 0.3) is 0 Å². The molecule has 0 aliphatic carbocycles. The zero-order chi connectivity index (χ0) is 37.1. The molecule has 0 saturated heterocycles. The van der Waals surface area contributed by atoms with Crippen molar-refractivity contribution >= 4 is 17.9 Å². The predicted molar refractivity (Wildman–Crippen MR) is 203 cm³/mol. The number of carboxylic acids is 1. The van der Waals surface area contributed by atoms with Crippen LogP contribution in [0.5, 0.6) is 0 Å². The van der Waals surface area contributed by atoms with Gasteiger partial charge in [0.2, 0.25) is 0 Å². The number of nitrogens with zero attached hydrogens (tertiary/aromatic N) is 1. The lowest BCUT2D eigenvalue weighted by molar-refractivity contribution is -0.889. The van der Waals surface area contributed by atoms with Crippen molar-refractivity contribution in [2.45, 2.75) is 122 Å². The van der Waals surface area contributed by atoms with Crippen LogP contribution in [0, 0.1) is 0 Å². The summed E-state index contributed by atoms with van der Waals surface area (Å²) in [5, 5.41) is 11.6. The molecule has 0 radical (unpaired) electrons. The second kappa shape index (κ2) is 32.7. The number of rotatable bonds is 31. The maximum atomic E-state index is 12.6. The maximum absolute atomic E-state index is 12.6. The van der Waals surface area contributed by atoms with Gasteiger partial charge in [-0.3, -0.25) is 9.59 Å². The number of hydrogen-bond acceptors (Lipinski definition) is 7. The highest BCUT2D eigenvalue weighted by Gasteiger charge is 2.25. The number of ether oxygens (including phenoxy) is 3. The van der Waals surface area contributed by atoms with Crippen molar-refractivity contribution in [3.05, 3.63) is 85.1 Å². The first-order valence-electron chi connectivity index (χ1n) is 18.7. The Kier molecular flexibility index (Phi) is 30.4. The lowest BCUT2D eigenvalue weighted by Gasteiger charge is -2.34. The number of allylic oxidation sites excluding steroid dienone is 14. The van der Waals surface area contributed by atoms with E-state index in [1.807, 2.05) is 30.4 Å². The highest BCUT2D eigenvalue weighted by molar-refractivity contribution is 5.70. The number of carbonyl (C=O) groups is 3. The number of carbonyl (C=O) groups excluding carboxylic acids is 3. The van der Waals surface area contributed by atoms with Gasteiger partial charge < -0.3 is 28.6 Å². The van der Waals surface area contributed by atoms with E-state index in [-0.39, 0.29) is 49.1 Å². The number of carboxylic acid groups (broad SMARTS) is 1. The van der Waals surface area contributed by atoms with Crippen LogP contribution in [-0.4, -0.2) is 75.5 Å². The fraction of sp³-hybridized carbons (Fsp3) is 0.595. The lowest BCUT2D eigenvalue weighted by atomic mass is 10.1. The molecular formula is C42H67NO7. The van der Waals surface area contributed by atoms with Crippen molar-refractivity contribution in [3.8, 4) is 0 Å². The molecular weight excluding hydrogens is 630 g/mol. The summed E-state index contributed by atoms with van der Waals surface area (Å²) < 4.78 is 17.0. The summed E-state index contributed by atoms with van der Waals surface area (Å²) in [7, 11) is 5.35. The molecule has 8 heteroatoms. The number of quaternary nitrogens is 1. The first-order chi connectivity index (χ1) is 24.1. The van der Waals surface area contributed by atoms with Crippen LogP contribution in [0.3, 0.4) is 0 Å². The van der Waals surface area contributed by atoms with Crippen LogP contribution in [0.2, 0.25) is 0 Å². The van der Waals surface area contributed by atoms with Crippen molar-refractivity contribution < 1.29 is 38.2 Å². The molecule has 0 N–H and O–H groups in total. The van der Waals surface area contributed by atoms with Gasteiger partial charge in [0.15, 0.2) is 6.10 Å². The Bertz CT molecular complexity index is 1090. The zero-order valence-corrected chi connectivity index (χ0v) is 31.8. The van der Waals surface area contributed by atoms with Crippen LogP contribution in [0.1, 0.15) is 110 Å². The lowest BCUT2D eigenvalue weighted by Crippen LogP contribution is -2.55. The minimum atomic E-state index is -1.14. The van der Waals surface area contributed by atoms with E-state index in [2.05, 4.69) is 68.5 Å². The monoisotopic (exact) mass is 697 g/mol. The van der Waals surface area contributed by atoms with Gasteiger partial charge in [0, 0.05) is 19.3 Å². The van der Waals surface area contributed by atoms with Gasteiger partial charge in [-0.15, -0.1) is 0 Å². The summed E-state index contributed by atoms with van der Waals surface area (Å²) in [6.45, 7) is 4.28. The molecule has 0 amide bonds. The van der Waals surface area contributed by atoms with E-state index >= 15 is 0 Å². The summed E-state index contributed by atoms with van der Waals surface area (Å²) in [6, 6.07) is -0.741. The van der Waals surface area contributed by atoms with Gasteiger partial charge in [-0.25, -0.2) is 0 Å². The highest BCUT2D eigenvalue weighted by atomic mass is 16.6. The molecule has 0 aromatic heterocycles. The predicted octanol–water partition coefficient (Wildman–Crippen LogP) is 8.07. The molecule has 8 nitrogen and oxygen atoms in total. The van der Waals surface area contributed by atoms with Gasteiger partial charge in [0.05, 0.1) is 40.3 Å². The zero-order valence-electron chi connectivity index (χ0n) is 31.8.